The lowest BCUT2D eigenvalue weighted by Gasteiger charge is -2.22. The summed E-state index contributed by atoms with van der Waals surface area (Å²) in [5.74, 6) is 3.06. The van der Waals surface area contributed by atoms with Gasteiger partial charge in [0.2, 0.25) is 0 Å². The molecule has 0 saturated carbocycles. The first-order valence-electron chi connectivity index (χ1n) is 16.6. The second kappa shape index (κ2) is 10.5. The second-order valence-corrected chi connectivity index (χ2v) is 13.4. The Hall–Kier alpha value is -6.04. The smallest absolute Gasteiger partial charge is 0.0541 e. The predicted molar refractivity (Wildman–Crippen MR) is 203 cm³/mol. The second-order valence-electron chi connectivity index (χ2n) is 13.4. The van der Waals surface area contributed by atoms with Crippen molar-refractivity contribution in [3.63, 3.8) is 0 Å². The summed E-state index contributed by atoms with van der Waals surface area (Å²) in [7, 11) is 0. The van der Waals surface area contributed by atoms with Gasteiger partial charge in [-0.05, 0) is 89.3 Å². The lowest BCUT2D eigenvalue weighted by Crippen LogP contribution is -2.15. The first-order chi connectivity index (χ1) is 23.5. The zero-order valence-corrected chi connectivity index (χ0v) is 27.3. The SMILES string of the molecule is C#C/C(=C\c1c(C)n(-c2ccc3c(c2)C(C)(C)c2ccccc2-3)c2ccccc12)c1ccc2c(c1)c1ccccc1n2-c1ccccc1. The molecule has 0 bridgehead atoms. The van der Waals surface area contributed by atoms with Crippen molar-refractivity contribution in [3.8, 4) is 34.8 Å². The van der Waals surface area contributed by atoms with Gasteiger partial charge < -0.3 is 9.13 Å². The fourth-order valence-corrected chi connectivity index (χ4v) is 8.09. The predicted octanol–water partition coefficient (Wildman–Crippen LogP) is 11.5. The van der Waals surface area contributed by atoms with E-state index in [4.69, 9.17) is 6.42 Å². The van der Waals surface area contributed by atoms with Gasteiger partial charge in [0.25, 0.3) is 0 Å². The van der Waals surface area contributed by atoms with E-state index in [1.54, 1.807) is 0 Å². The molecule has 0 N–H and O–H groups in total. The number of aromatic nitrogens is 2. The van der Waals surface area contributed by atoms with Crippen LogP contribution in [0.3, 0.4) is 0 Å². The third kappa shape index (κ3) is 4.01. The third-order valence-corrected chi connectivity index (χ3v) is 10.4. The summed E-state index contributed by atoms with van der Waals surface area (Å²) in [6, 6.07) is 50.2. The van der Waals surface area contributed by atoms with Gasteiger partial charge >= 0.3 is 0 Å². The number of rotatable bonds is 4. The zero-order valence-electron chi connectivity index (χ0n) is 27.3. The molecule has 0 radical (unpaired) electrons. The van der Waals surface area contributed by atoms with Crippen LogP contribution in [0.15, 0.2) is 140 Å². The van der Waals surface area contributed by atoms with Crippen LogP contribution in [0.1, 0.15) is 41.8 Å². The molecule has 9 rings (SSSR count). The van der Waals surface area contributed by atoms with Crippen molar-refractivity contribution in [2.75, 3.05) is 0 Å². The Morgan fingerprint density at radius 1 is 0.583 bits per heavy atom. The normalized spacial score (nSPS) is 13.6. The number of nitrogens with zero attached hydrogens (tertiary/aromatic N) is 2. The van der Waals surface area contributed by atoms with E-state index in [0.717, 1.165) is 27.9 Å². The van der Waals surface area contributed by atoms with Crippen LogP contribution in [-0.4, -0.2) is 9.13 Å². The molecule has 2 nitrogen and oxygen atoms in total. The molecular formula is C46H34N2. The molecule has 48 heavy (non-hydrogen) atoms. The number of allylic oxidation sites excluding steroid dienone is 1. The van der Waals surface area contributed by atoms with Gasteiger partial charge in [0.15, 0.2) is 0 Å². The van der Waals surface area contributed by atoms with Gasteiger partial charge in [-0.2, -0.15) is 0 Å². The van der Waals surface area contributed by atoms with E-state index in [-0.39, 0.29) is 5.41 Å². The molecule has 1 aliphatic carbocycles. The maximum absolute atomic E-state index is 6.32. The molecule has 228 valence electrons. The minimum absolute atomic E-state index is 0.0690. The summed E-state index contributed by atoms with van der Waals surface area (Å²) in [6.45, 7) is 6.89. The van der Waals surface area contributed by atoms with E-state index in [2.05, 4.69) is 181 Å². The van der Waals surface area contributed by atoms with E-state index in [0.29, 0.717) is 0 Å². The Kier molecular flexibility index (Phi) is 6.16. The number of hydrogen-bond donors (Lipinski definition) is 0. The maximum atomic E-state index is 6.32. The molecule has 0 aliphatic heterocycles. The summed E-state index contributed by atoms with van der Waals surface area (Å²) in [4.78, 5) is 0. The van der Waals surface area contributed by atoms with Gasteiger partial charge in [-0.15, -0.1) is 6.42 Å². The highest BCUT2D eigenvalue weighted by atomic mass is 15.0. The van der Waals surface area contributed by atoms with E-state index in [9.17, 15) is 0 Å². The Labute approximate surface area is 281 Å². The van der Waals surface area contributed by atoms with Crippen molar-refractivity contribution >= 4 is 44.4 Å². The average molecular weight is 615 g/mol. The van der Waals surface area contributed by atoms with E-state index in [1.165, 1.54) is 60.8 Å². The summed E-state index contributed by atoms with van der Waals surface area (Å²) in [6.07, 6.45) is 8.53. The standard InChI is InChI=1S/C46H34N2/c1-5-31(32-23-26-45-40(28-32)38-19-11-14-22-44(38)48(45)33-15-7-6-8-16-33)27-39-30(2)47(43-21-13-10-18-37(39)43)34-24-25-36-35-17-9-12-20-41(35)46(3,4)42(36)29-34/h1,6-29H,2-4H3/b31-27+. The molecule has 1 aliphatic rings. The van der Waals surface area contributed by atoms with Crippen molar-refractivity contribution in [1.29, 1.82) is 0 Å². The summed E-state index contributed by atoms with van der Waals surface area (Å²) in [5, 5.41) is 3.59. The molecule has 2 heteroatoms. The van der Waals surface area contributed by atoms with Gasteiger partial charge in [-0.1, -0.05) is 111 Å². The molecule has 8 aromatic rings. The molecule has 0 atom stereocenters. The van der Waals surface area contributed by atoms with Crippen LogP contribution >= 0.6 is 0 Å². The van der Waals surface area contributed by atoms with Crippen molar-refractivity contribution in [1.82, 2.24) is 9.13 Å². The highest BCUT2D eigenvalue weighted by molar-refractivity contribution is 6.11. The molecule has 6 aromatic carbocycles. The van der Waals surface area contributed by atoms with Gasteiger partial charge in [0.1, 0.15) is 0 Å². The minimum Gasteiger partial charge on any atom is -0.313 e. The quantitative estimate of drug-likeness (QED) is 0.175. The Morgan fingerprint density at radius 3 is 2.02 bits per heavy atom. The van der Waals surface area contributed by atoms with Crippen molar-refractivity contribution in [2.24, 2.45) is 0 Å². The number of benzene rings is 6. The average Bonchev–Trinajstić information content (AvgIpc) is 3.69. The number of terminal acetylenes is 1. The van der Waals surface area contributed by atoms with Gasteiger partial charge in [0.05, 0.1) is 16.6 Å². The lowest BCUT2D eigenvalue weighted by atomic mass is 9.82. The number of fused-ring (bicyclic) bond motifs is 7. The Morgan fingerprint density at radius 2 is 1.23 bits per heavy atom. The summed E-state index contributed by atoms with van der Waals surface area (Å²) < 4.78 is 4.73. The van der Waals surface area contributed by atoms with Gasteiger partial charge in [-0.25, -0.2) is 0 Å². The Bertz CT molecular complexity index is 2650. The monoisotopic (exact) mass is 614 g/mol. The van der Waals surface area contributed by atoms with E-state index in [1.807, 2.05) is 0 Å². The third-order valence-electron chi connectivity index (χ3n) is 10.4. The van der Waals surface area contributed by atoms with E-state index >= 15 is 0 Å². The number of hydrogen-bond acceptors (Lipinski definition) is 0. The van der Waals surface area contributed by atoms with Crippen LogP contribution in [0.25, 0.3) is 66.9 Å². The Balaban J connectivity index is 1.21. The molecule has 0 amide bonds. The van der Waals surface area contributed by atoms with Crippen LogP contribution in [0, 0.1) is 19.3 Å². The van der Waals surface area contributed by atoms with Gasteiger partial charge in [0, 0.05) is 49.8 Å². The topological polar surface area (TPSA) is 9.86 Å². The van der Waals surface area contributed by atoms with Crippen molar-refractivity contribution in [3.05, 3.63) is 167 Å². The van der Waals surface area contributed by atoms with Crippen molar-refractivity contribution < 1.29 is 0 Å². The van der Waals surface area contributed by atoms with Gasteiger partial charge in [-0.3, -0.25) is 0 Å². The first kappa shape index (κ1) is 28.2. The molecule has 2 aromatic heterocycles. The fourth-order valence-electron chi connectivity index (χ4n) is 8.09. The maximum Gasteiger partial charge on any atom is 0.0541 e. The molecule has 0 unspecified atom stereocenters. The van der Waals surface area contributed by atoms with Crippen LogP contribution in [0.5, 0.6) is 0 Å². The van der Waals surface area contributed by atoms with Crippen molar-refractivity contribution in [2.45, 2.75) is 26.2 Å². The molecule has 2 heterocycles. The van der Waals surface area contributed by atoms with Crippen LogP contribution in [0.4, 0.5) is 0 Å². The number of para-hydroxylation sites is 3. The summed E-state index contributed by atoms with van der Waals surface area (Å²) >= 11 is 0. The van der Waals surface area contributed by atoms with Crippen LogP contribution in [-0.2, 0) is 5.41 Å². The highest BCUT2D eigenvalue weighted by Crippen LogP contribution is 2.49. The molecular weight excluding hydrogens is 581 g/mol. The molecule has 0 spiro atoms. The van der Waals surface area contributed by atoms with Crippen LogP contribution < -0.4 is 0 Å². The van der Waals surface area contributed by atoms with E-state index < -0.39 is 0 Å². The first-order valence-corrected chi connectivity index (χ1v) is 16.6. The fraction of sp³-hybridized carbons (Fsp3) is 0.0870. The summed E-state index contributed by atoms with van der Waals surface area (Å²) in [5.41, 5.74) is 15.4. The largest absolute Gasteiger partial charge is 0.313 e. The lowest BCUT2D eigenvalue weighted by molar-refractivity contribution is 0.659. The highest BCUT2D eigenvalue weighted by Gasteiger charge is 2.35. The molecule has 0 saturated heterocycles. The zero-order chi connectivity index (χ0) is 32.6. The van der Waals surface area contributed by atoms with Crippen LogP contribution in [0.2, 0.25) is 0 Å². The molecule has 0 fully saturated rings. The minimum atomic E-state index is -0.0690.